The van der Waals surface area contributed by atoms with E-state index in [1.807, 2.05) is 37.3 Å². The van der Waals surface area contributed by atoms with Crippen LogP contribution in [0.3, 0.4) is 0 Å². The minimum Gasteiger partial charge on any atom is -0.358 e. The Kier molecular flexibility index (Phi) is 5.37. The summed E-state index contributed by atoms with van der Waals surface area (Å²) in [5.41, 5.74) is 3.93. The lowest BCUT2D eigenvalue weighted by atomic mass is 9.98. The zero-order chi connectivity index (χ0) is 20.8. The molecule has 0 saturated carbocycles. The number of nitrogens with zero attached hydrogens (tertiary/aromatic N) is 3. The zero-order valence-electron chi connectivity index (χ0n) is 15.7. The van der Waals surface area contributed by atoms with Crippen molar-refractivity contribution < 1.29 is 13.2 Å². The molecule has 0 bridgehead atoms. The molecule has 1 N–H and O–H groups in total. The third kappa shape index (κ3) is 3.90. The van der Waals surface area contributed by atoms with Gasteiger partial charge in [0.15, 0.2) is 0 Å². The van der Waals surface area contributed by atoms with Crippen LogP contribution in [0.1, 0.15) is 21.9 Å². The summed E-state index contributed by atoms with van der Waals surface area (Å²) in [6, 6.07) is 9.67. The van der Waals surface area contributed by atoms with Crippen molar-refractivity contribution in [2.45, 2.75) is 24.4 Å². The van der Waals surface area contributed by atoms with Gasteiger partial charge in [0.05, 0.1) is 10.9 Å². The van der Waals surface area contributed by atoms with E-state index in [-0.39, 0.29) is 11.0 Å². The molecular formula is C20H18BrF3N4S. The summed E-state index contributed by atoms with van der Waals surface area (Å²) in [7, 11) is 1.66. The average molecular weight is 483 g/mol. The third-order valence-electron chi connectivity index (χ3n) is 4.90. The number of benzene rings is 1. The van der Waals surface area contributed by atoms with Gasteiger partial charge in [0.2, 0.25) is 0 Å². The lowest BCUT2D eigenvalue weighted by Gasteiger charge is -2.20. The van der Waals surface area contributed by atoms with Crippen molar-refractivity contribution >= 4 is 33.5 Å². The molecule has 2 aromatic heterocycles. The summed E-state index contributed by atoms with van der Waals surface area (Å²) in [5, 5.41) is 6.95. The van der Waals surface area contributed by atoms with Crippen molar-refractivity contribution in [1.82, 2.24) is 14.8 Å². The van der Waals surface area contributed by atoms with Gasteiger partial charge in [0.1, 0.15) is 17.6 Å². The molecule has 0 radical (unpaired) electrons. The first-order valence-electron chi connectivity index (χ1n) is 8.95. The second-order valence-corrected chi connectivity index (χ2v) is 8.96. The summed E-state index contributed by atoms with van der Waals surface area (Å²) in [4.78, 5) is 4.39. The van der Waals surface area contributed by atoms with E-state index in [1.165, 1.54) is 16.4 Å². The Morgan fingerprint density at radius 1 is 1.24 bits per heavy atom. The highest BCUT2D eigenvalue weighted by molar-refractivity contribution is 9.10. The smallest absolute Gasteiger partial charge is 0.358 e. The van der Waals surface area contributed by atoms with Gasteiger partial charge in [-0.1, -0.05) is 28.1 Å². The fraction of sp³-hybridized carbons (Fsp3) is 0.300. The van der Waals surface area contributed by atoms with Gasteiger partial charge < -0.3 is 5.32 Å². The Morgan fingerprint density at radius 2 is 2.03 bits per heavy atom. The van der Waals surface area contributed by atoms with E-state index in [2.05, 4.69) is 31.3 Å². The number of halogens is 4. The van der Waals surface area contributed by atoms with E-state index in [1.54, 1.807) is 19.3 Å². The molecule has 29 heavy (non-hydrogen) atoms. The second kappa shape index (κ2) is 7.68. The maximum atomic E-state index is 13.6. The van der Waals surface area contributed by atoms with Crippen LogP contribution in [0.4, 0.5) is 19.0 Å². The molecule has 0 spiro atoms. The Balaban J connectivity index is 1.93. The predicted octanol–water partition coefficient (Wildman–Crippen LogP) is 5.73. The maximum Gasteiger partial charge on any atom is 0.409 e. The Morgan fingerprint density at radius 3 is 2.69 bits per heavy atom. The highest BCUT2D eigenvalue weighted by Gasteiger charge is 2.44. The van der Waals surface area contributed by atoms with E-state index >= 15 is 0 Å². The van der Waals surface area contributed by atoms with Crippen molar-refractivity contribution in [3.8, 4) is 11.4 Å². The summed E-state index contributed by atoms with van der Waals surface area (Å²) in [5.74, 6) is 0.283. The summed E-state index contributed by atoms with van der Waals surface area (Å²) in [6.45, 7) is 1.97. The molecule has 2 atom stereocenters. The van der Waals surface area contributed by atoms with Gasteiger partial charge in [-0.3, -0.25) is 9.67 Å². The predicted molar refractivity (Wildman–Crippen MR) is 113 cm³/mol. The van der Waals surface area contributed by atoms with Crippen molar-refractivity contribution in [3.05, 3.63) is 63.8 Å². The van der Waals surface area contributed by atoms with Crippen molar-refractivity contribution in [1.29, 1.82) is 0 Å². The van der Waals surface area contributed by atoms with Crippen LogP contribution in [0, 0.1) is 6.92 Å². The molecule has 0 fully saturated rings. The number of fused-ring (bicyclic) bond motifs is 1. The summed E-state index contributed by atoms with van der Waals surface area (Å²) < 4.78 is 43.3. The van der Waals surface area contributed by atoms with Crippen LogP contribution in [0.2, 0.25) is 0 Å². The number of rotatable bonds is 2. The minimum atomic E-state index is -4.36. The standard InChI is InChI=1S/C20H18BrF3N4S/c1-11-9-12(21)6-7-13(11)18-16-17(14-5-3-4-8-25-14)27-28(2)19(16)26-15(10-29-18)20(22,23)24/h3-9,15,18,26H,10H2,1-2H3/t15-,18+/m0/s1. The first-order valence-corrected chi connectivity index (χ1v) is 10.8. The zero-order valence-corrected chi connectivity index (χ0v) is 18.1. The number of hydrogen-bond donors (Lipinski definition) is 1. The van der Waals surface area contributed by atoms with Crippen molar-refractivity contribution in [2.24, 2.45) is 7.05 Å². The van der Waals surface area contributed by atoms with Crippen LogP contribution >= 0.6 is 27.7 Å². The monoisotopic (exact) mass is 482 g/mol. The van der Waals surface area contributed by atoms with Crippen molar-refractivity contribution in [2.75, 3.05) is 11.1 Å². The molecule has 152 valence electrons. The number of thioether (sulfide) groups is 1. The number of aromatic nitrogens is 3. The van der Waals surface area contributed by atoms with Crippen LogP contribution in [0.25, 0.3) is 11.4 Å². The molecule has 1 aliphatic heterocycles. The van der Waals surface area contributed by atoms with Gasteiger partial charge >= 0.3 is 6.18 Å². The molecule has 0 saturated heterocycles. The van der Waals surface area contributed by atoms with Gasteiger partial charge in [0, 0.05) is 29.0 Å². The third-order valence-corrected chi connectivity index (χ3v) is 6.75. The van der Waals surface area contributed by atoms with E-state index in [9.17, 15) is 13.2 Å². The molecule has 4 rings (SSSR count). The van der Waals surface area contributed by atoms with Crippen LogP contribution < -0.4 is 5.32 Å². The van der Waals surface area contributed by atoms with Gasteiger partial charge in [-0.15, -0.1) is 11.8 Å². The SMILES string of the molecule is Cc1cc(Br)ccc1[C@H]1SC[C@@H](C(F)(F)F)Nc2c1c(-c1ccccn1)nn2C. The lowest BCUT2D eigenvalue weighted by Crippen LogP contribution is -2.38. The topological polar surface area (TPSA) is 42.7 Å². The molecule has 3 aromatic rings. The number of hydrogen-bond acceptors (Lipinski definition) is 4. The number of alkyl halides is 3. The number of pyridine rings is 1. The largest absolute Gasteiger partial charge is 0.409 e. The van der Waals surface area contributed by atoms with Crippen LogP contribution in [0.5, 0.6) is 0 Å². The Hall–Kier alpha value is -2.00. The van der Waals surface area contributed by atoms with Crippen LogP contribution in [-0.4, -0.2) is 32.7 Å². The minimum absolute atomic E-state index is 0.0972. The fourth-order valence-electron chi connectivity index (χ4n) is 3.49. The first-order chi connectivity index (χ1) is 13.8. The number of anilines is 1. The highest BCUT2D eigenvalue weighted by atomic mass is 79.9. The van der Waals surface area contributed by atoms with E-state index in [0.29, 0.717) is 17.2 Å². The Labute approximate surface area is 179 Å². The van der Waals surface area contributed by atoms with Crippen LogP contribution in [-0.2, 0) is 7.05 Å². The first kappa shape index (κ1) is 20.3. The van der Waals surface area contributed by atoms with Gasteiger partial charge in [-0.2, -0.15) is 18.3 Å². The molecule has 4 nitrogen and oxygen atoms in total. The van der Waals surface area contributed by atoms with Gasteiger partial charge in [0.25, 0.3) is 0 Å². The Bertz CT molecular complexity index is 1040. The maximum absolute atomic E-state index is 13.6. The highest BCUT2D eigenvalue weighted by Crippen LogP contribution is 2.48. The van der Waals surface area contributed by atoms with E-state index in [4.69, 9.17) is 0 Å². The summed E-state index contributed by atoms with van der Waals surface area (Å²) >= 11 is 4.74. The number of nitrogens with one attached hydrogen (secondary N) is 1. The van der Waals surface area contributed by atoms with E-state index < -0.39 is 12.2 Å². The van der Waals surface area contributed by atoms with Gasteiger partial charge in [-0.25, -0.2) is 0 Å². The van der Waals surface area contributed by atoms with E-state index in [0.717, 1.165) is 21.2 Å². The normalized spacial score (nSPS) is 19.4. The molecule has 9 heteroatoms. The van der Waals surface area contributed by atoms with Crippen LogP contribution in [0.15, 0.2) is 47.1 Å². The second-order valence-electron chi connectivity index (χ2n) is 6.90. The van der Waals surface area contributed by atoms with Gasteiger partial charge in [-0.05, 0) is 42.3 Å². The molecule has 3 heterocycles. The molecule has 0 aliphatic carbocycles. The lowest BCUT2D eigenvalue weighted by molar-refractivity contribution is -0.137. The fourth-order valence-corrected chi connectivity index (χ4v) is 5.46. The summed E-state index contributed by atoms with van der Waals surface area (Å²) in [6.07, 6.45) is -2.70. The average Bonchev–Trinajstić information content (AvgIpc) is 2.85. The molecule has 1 aromatic carbocycles. The molecule has 1 aliphatic rings. The van der Waals surface area contributed by atoms with Crippen molar-refractivity contribution in [3.63, 3.8) is 0 Å². The number of aryl methyl sites for hydroxylation is 2. The quantitative estimate of drug-likeness (QED) is 0.506. The molecule has 0 amide bonds. The molecule has 0 unspecified atom stereocenters. The molecular weight excluding hydrogens is 465 g/mol.